The maximum atomic E-state index is 11.6. The predicted molar refractivity (Wildman–Crippen MR) is 62.2 cm³/mol. The number of allylic oxidation sites excluding steroid dienone is 1. The van der Waals surface area contributed by atoms with E-state index >= 15 is 0 Å². The minimum absolute atomic E-state index is 0.0442. The normalized spacial score (nSPS) is 30.1. The molecule has 0 spiro atoms. The summed E-state index contributed by atoms with van der Waals surface area (Å²) >= 11 is 3.49. The van der Waals surface area contributed by atoms with Gasteiger partial charge in [-0.2, -0.15) is 0 Å². The van der Waals surface area contributed by atoms with Gasteiger partial charge in [0.25, 0.3) is 0 Å². The van der Waals surface area contributed by atoms with E-state index < -0.39 is 0 Å². The van der Waals surface area contributed by atoms with E-state index in [2.05, 4.69) is 34.7 Å². The first-order valence-corrected chi connectivity index (χ1v) is 5.73. The maximum Gasteiger partial charge on any atom is 0.248 e. The summed E-state index contributed by atoms with van der Waals surface area (Å²) < 4.78 is 1.02. The summed E-state index contributed by atoms with van der Waals surface area (Å²) in [5.74, 6) is 0.186. The molecule has 0 aliphatic carbocycles. The van der Waals surface area contributed by atoms with Gasteiger partial charge in [0.2, 0.25) is 5.91 Å². The zero-order valence-electron chi connectivity index (χ0n) is 8.64. The van der Waals surface area contributed by atoms with Gasteiger partial charge in [-0.3, -0.25) is 4.79 Å². The molecule has 1 aliphatic heterocycles. The molecule has 78 valence electrons. The summed E-state index contributed by atoms with van der Waals surface area (Å²) in [6.45, 7) is 7.87. The van der Waals surface area contributed by atoms with Crippen LogP contribution >= 0.6 is 15.9 Å². The van der Waals surface area contributed by atoms with Gasteiger partial charge < -0.3 is 5.32 Å². The number of carbonyl (C=O) groups excluding carboxylic acids is 1. The molecule has 0 unspecified atom stereocenters. The molecule has 1 fully saturated rings. The molecule has 3 heteroatoms. The highest BCUT2D eigenvalue weighted by molar-refractivity contribution is 9.11. The molecule has 1 saturated heterocycles. The highest BCUT2D eigenvalue weighted by Crippen LogP contribution is 2.31. The van der Waals surface area contributed by atoms with Gasteiger partial charge in [0.1, 0.15) is 0 Å². The number of hydrogen-bond acceptors (Lipinski definition) is 1. The lowest BCUT2D eigenvalue weighted by atomic mass is 9.96. The Labute approximate surface area is 93.6 Å². The van der Waals surface area contributed by atoms with Crippen LogP contribution in [0.1, 0.15) is 26.7 Å². The van der Waals surface area contributed by atoms with Crippen molar-refractivity contribution in [2.45, 2.75) is 32.7 Å². The monoisotopic (exact) mass is 257 g/mol. The molecule has 0 aromatic rings. The van der Waals surface area contributed by atoms with Crippen LogP contribution in [0.5, 0.6) is 0 Å². The van der Waals surface area contributed by atoms with Crippen molar-refractivity contribution in [2.75, 3.05) is 0 Å². The number of amides is 1. The lowest BCUT2D eigenvalue weighted by Crippen LogP contribution is -2.24. The third-order valence-electron chi connectivity index (χ3n) is 2.49. The molecule has 1 amide bonds. The Morgan fingerprint density at radius 2 is 2.36 bits per heavy atom. The smallest absolute Gasteiger partial charge is 0.248 e. The van der Waals surface area contributed by atoms with Crippen molar-refractivity contribution in [2.24, 2.45) is 5.92 Å². The van der Waals surface area contributed by atoms with Crippen molar-refractivity contribution in [1.29, 1.82) is 0 Å². The van der Waals surface area contributed by atoms with Crippen LogP contribution in [0.25, 0.3) is 0 Å². The molecule has 0 saturated carbocycles. The molecular weight excluding hydrogens is 242 g/mol. The highest BCUT2D eigenvalue weighted by Gasteiger charge is 2.33. The minimum Gasteiger partial charge on any atom is -0.349 e. The average Bonchev–Trinajstić information content (AvgIpc) is 2.40. The van der Waals surface area contributed by atoms with E-state index in [-0.39, 0.29) is 17.9 Å². The van der Waals surface area contributed by atoms with E-state index in [0.717, 1.165) is 22.9 Å². The van der Waals surface area contributed by atoms with Crippen LogP contribution in [0.4, 0.5) is 0 Å². The van der Waals surface area contributed by atoms with Gasteiger partial charge in [-0.1, -0.05) is 35.4 Å². The molecule has 0 bridgehead atoms. The number of carbonyl (C=O) groups is 1. The molecule has 0 aromatic carbocycles. The first-order chi connectivity index (χ1) is 6.61. The van der Waals surface area contributed by atoms with Crippen molar-refractivity contribution < 1.29 is 4.79 Å². The Balaban J connectivity index is 3.00. The molecule has 14 heavy (non-hydrogen) atoms. The van der Waals surface area contributed by atoms with Crippen LogP contribution < -0.4 is 5.32 Å². The molecule has 2 atom stereocenters. The lowest BCUT2D eigenvalue weighted by Gasteiger charge is -2.10. The average molecular weight is 258 g/mol. The Bertz CT molecular complexity index is 283. The van der Waals surface area contributed by atoms with Crippen molar-refractivity contribution in [3.8, 4) is 0 Å². The minimum atomic E-state index is 0.0442. The molecule has 2 nitrogen and oxygen atoms in total. The Morgan fingerprint density at radius 1 is 1.71 bits per heavy atom. The van der Waals surface area contributed by atoms with Crippen molar-refractivity contribution >= 4 is 21.8 Å². The van der Waals surface area contributed by atoms with Crippen molar-refractivity contribution in [3.05, 3.63) is 22.7 Å². The van der Waals surface area contributed by atoms with E-state index in [9.17, 15) is 4.79 Å². The Morgan fingerprint density at radius 3 is 2.86 bits per heavy atom. The highest BCUT2D eigenvalue weighted by atomic mass is 79.9. The number of nitrogens with one attached hydrogen (secondary N) is 1. The Hall–Kier alpha value is -0.570. The molecular formula is C11H16BrNO. The zero-order chi connectivity index (χ0) is 10.7. The SMILES string of the molecule is C=C[C@H]1/C(=C(/Br)CCC)C(=O)N[C@H]1C. The second-order valence-electron chi connectivity index (χ2n) is 3.59. The largest absolute Gasteiger partial charge is 0.349 e. The summed E-state index contributed by atoms with van der Waals surface area (Å²) in [6.07, 6.45) is 3.80. The Kier molecular flexibility index (Phi) is 3.93. The maximum absolute atomic E-state index is 11.6. The van der Waals surface area contributed by atoms with E-state index in [1.807, 2.05) is 13.0 Å². The molecule has 0 aromatic heterocycles. The number of rotatable bonds is 3. The fourth-order valence-electron chi connectivity index (χ4n) is 1.76. The summed E-state index contributed by atoms with van der Waals surface area (Å²) in [5, 5.41) is 2.91. The standard InChI is InChI=1S/C11H16BrNO/c1-4-6-9(12)10-8(5-2)7(3)13-11(10)14/h5,7-8H,2,4,6H2,1,3H3,(H,13,14)/b10-9-/t7-,8+/m0/s1. The van der Waals surface area contributed by atoms with E-state index in [1.165, 1.54) is 0 Å². The van der Waals surface area contributed by atoms with Crippen molar-refractivity contribution in [3.63, 3.8) is 0 Å². The first-order valence-electron chi connectivity index (χ1n) is 4.93. The quantitative estimate of drug-likeness (QED) is 0.612. The fourth-order valence-corrected chi connectivity index (χ4v) is 2.60. The topological polar surface area (TPSA) is 29.1 Å². The lowest BCUT2D eigenvalue weighted by molar-refractivity contribution is -0.116. The molecule has 0 radical (unpaired) electrons. The van der Waals surface area contributed by atoms with Crippen LogP contribution in [0.3, 0.4) is 0 Å². The van der Waals surface area contributed by atoms with Gasteiger partial charge in [0.15, 0.2) is 0 Å². The summed E-state index contributed by atoms with van der Waals surface area (Å²) in [7, 11) is 0. The zero-order valence-corrected chi connectivity index (χ0v) is 10.2. The second-order valence-corrected chi connectivity index (χ2v) is 4.55. The van der Waals surface area contributed by atoms with Gasteiger partial charge in [0.05, 0.1) is 0 Å². The second kappa shape index (κ2) is 4.78. The summed E-state index contributed by atoms with van der Waals surface area (Å²) in [5.41, 5.74) is 0.856. The van der Waals surface area contributed by atoms with Crippen LogP contribution in [-0.4, -0.2) is 11.9 Å². The van der Waals surface area contributed by atoms with Crippen molar-refractivity contribution in [1.82, 2.24) is 5.32 Å². The number of halogens is 1. The summed E-state index contributed by atoms with van der Waals surface area (Å²) in [6, 6.07) is 0.166. The molecule has 1 rings (SSSR count). The van der Waals surface area contributed by atoms with E-state index in [4.69, 9.17) is 0 Å². The van der Waals surface area contributed by atoms with Gasteiger partial charge in [-0.15, -0.1) is 6.58 Å². The van der Waals surface area contributed by atoms with Crippen LogP contribution in [-0.2, 0) is 4.79 Å². The van der Waals surface area contributed by atoms with E-state index in [0.29, 0.717) is 0 Å². The van der Waals surface area contributed by atoms with Gasteiger partial charge >= 0.3 is 0 Å². The first kappa shape index (κ1) is 11.5. The van der Waals surface area contributed by atoms with Gasteiger partial charge in [0, 0.05) is 22.0 Å². The van der Waals surface area contributed by atoms with E-state index in [1.54, 1.807) is 0 Å². The van der Waals surface area contributed by atoms with Crippen LogP contribution in [0.2, 0.25) is 0 Å². The van der Waals surface area contributed by atoms with Crippen LogP contribution in [0.15, 0.2) is 22.7 Å². The van der Waals surface area contributed by atoms with Gasteiger partial charge in [-0.05, 0) is 13.3 Å². The van der Waals surface area contributed by atoms with Gasteiger partial charge in [-0.25, -0.2) is 0 Å². The third-order valence-corrected chi connectivity index (χ3v) is 3.31. The summed E-state index contributed by atoms with van der Waals surface area (Å²) in [4.78, 5) is 11.6. The molecule has 1 N–H and O–H groups in total. The predicted octanol–water partition coefficient (Wildman–Crippen LogP) is 2.76. The molecule has 1 heterocycles. The third kappa shape index (κ3) is 2.08. The number of hydrogen-bond donors (Lipinski definition) is 1. The fraction of sp³-hybridized carbons (Fsp3) is 0.545. The van der Waals surface area contributed by atoms with Crippen LogP contribution in [0, 0.1) is 5.92 Å². The molecule has 1 aliphatic rings.